The van der Waals surface area contributed by atoms with Crippen molar-refractivity contribution in [1.82, 2.24) is 0 Å². The third-order valence-corrected chi connectivity index (χ3v) is 8.58. The van der Waals surface area contributed by atoms with Gasteiger partial charge in [0.1, 0.15) is 29.6 Å². The first-order chi connectivity index (χ1) is 24.1. The van der Waals surface area contributed by atoms with Crippen LogP contribution in [0.15, 0.2) is 97.1 Å². The number of rotatable bonds is 18. The maximum absolute atomic E-state index is 13.1. The van der Waals surface area contributed by atoms with Gasteiger partial charge in [0.15, 0.2) is 0 Å². The Hall–Kier alpha value is -4.88. The van der Waals surface area contributed by atoms with E-state index in [1.54, 1.807) is 66.7 Å². The summed E-state index contributed by atoms with van der Waals surface area (Å²) in [5.74, 6) is 1.22. The Morgan fingerprint density at radius 1 is 0.900 bits per heavy atom. The molecular weight excluding hydrogens is 643 g/mol. The van der Waals surface area contributed by atoms with E-state index in [4.69, 9.17) is 28.4 Å². The van der Waals surface area contributed by atoms with Gasteiger partial charge < -0.3 is 43.6 Å². The first-order valence-electron chi connectivity index (χ1n) is 16.4. The van der Waals surface area contributed by atoms with Crippen molar-refractivity contribution in [3.8, 4) is 23.0 Å². The maximum Gasteiger partial charge on any atom is 0.488 e. The van der Waals surface area contributed by atoms with Crippen molar-refractivity contribution >= 4 is 24.5 Å². The van der Waals surface area contributed by atoms with Crippen LogP contribution in [0.2, 0.25) is 0 Å². The molecule has 0 aromatic heterocycles. The molecule has 5 rings (SSSR count). The van der Waals surface area contributed by atoms with Gasteiger partial charge in [0, 0.05) is 17.6 Å². The van der Waals surface area contributed by atoms with Crippen molar-refractivity contribution in [1.29, 1.82) is 0 Å². The number of carbonyl (C=O) groups is 2. The second-order valence-electron chi connectivity index (χ2n) is 12.0. The smallest absolute Gasteiger partial charge is 0.488 e. The summed E-state index contributed by atoms with van der Waals surface area (Å²) in [5, 5.41) is 29.2. The molecule has 262 valence electrons. The van der Waals surface area contributed by atoms with Crippen molar-refractivity contribution in [2.75, 3.05) is 26.4 Å². The Balaban J connectivity index is 1.06. The van der Waals surface area contributed by atoms with E-state index in [2.05, 4.69) is 6.58 Å². The van der Waals surface area contributed by atoms with E-state index < -0.39 is 30.9 Å². The van der Waals surface area contributed by atoms with Crippen LogP contribution in [0.4, 0.5) is 0 Å². The fourth-order valence-corrected chi connectivity index (χ4v) is 5.37. The summed E-state index contributed by atoms with van der Waals surface area (Å²) in [7, 11) is -1.52. The lowest BCUT2D eigenvalue weighted by atomic mass is 9.80. The van der Waals surface area contributed by atoms with Gasteiger partial charge >= 0.3 is 19.1 Å². The zero-order chi connectivity index (χ0) is 35.7. The first-order valence-corrected chi connectivity index (χ1v) is 16.4. The minimum absolute atomic E-state index is 0.0571. The number of aliphatic hydroxyl groups excluding tert-OH is 1. The van der Waals surface area contributed by atoms with E-state index >= 15 is 0 Å². The molecular formula is C38H41BO11. The van der Waals surface area contributed by atoms with Crippen LogP contribution in [0, 0.1) is 19.8 Å². The van der Waals surface area contributed by atoms with Crippen molar-refractivity contribution in [2.24, 2.45) is 5.92 Å². The molecule has 50 heavy (non-hydrogen) atoms. The van der Waals surface area contributed by atoms with Crippen LogP contribution in [-0.4, -0.2) is 66.2 Å². The van der Waals surface area contributed by atoms with Gasteiger partial charge in [0.25, 0.3) is 0 Å². The van der Waals surface area contributed by atoms with Crippen molar-refractivity contribution in [3.05, 3.63) is 114 Å². The van der Waals surface area contributed by atoms with Gasteiger partial charge in [-0.3, -0.25) is 0 Å². The van der Waals surface area contributed by atoms with E-state index in [1.165, 1.54) is 0 Å². The summed E-state index contributed by atoms with van der Waals surface area (Å²) >= 11 is 0. The Kier molecular flexibility index (Phi) is 12.2. The predicted molar refractivity (Wildman–Crippen MR) is 185 cm³/mol. The van der Waals surface area contributed by atoms with Crippen LogP contribution in [0.1, 0.15) is 42.2 Å². The average molecular weight is 685 g/mol. The van der Waals surface area contributed by atoms with E-state index in [9.17, 15) is 24.7 Å². The molecule has 1 fully saturated rings. The monoisotopic (exact) mass is 684 g/mol. The van der Waals surface area contributed by atoms with Crippen molar-refractivity contribution in [2.45, 2.75) is 45.0 Å². The van der Waals surface area contributed by atoms with E-state index in [-0.39, 0.29) is 5.92 Å². The molecule has 2 aliphatic carbocycles. The number of ether oxygens (including phenoxy) is 6. The summed E-state index contributed by atoms with van der Waals surface area (Å²) in [6.45, 7) is 8.44. The van der Waals surface area contributed by atoms with Crippen molar-refractivity contribution in [3.63, 3.8) is 0 Å². The molecule has 0 spiro atoms. The van der Waals surface area contributed by atoms with Crippen LogP contribution >= 0.6 is 0 Å². The minimum Gasteiger partial charge on any atom is -0.494 e. The Bertz CT molecular complexity index is 1720. The van der Waals surface area contributed by atoms with E-state index in [1.807, 2.05) is 26.0 Å². The molecule has 0 saturated heterocycles. The number of hydrogen-bond donors (Lipinski definition) is 3. The molecule has 2 aliphatic rings. The number of aliphatic hydroxyl groups is 1. The topological polar surface area (TPSA) is 150 Å². The second-order valence-corrected chi connectivity index (χ2v) is 12.0. The molecule has 0 amide bonds. The highest BCUT2D eigenvalue weighted by Crippen LogP contribution is 2.52. The molecule has 3 aromatic rings. The number of hydrogen-bond acceptors (Lipinski definition) is 11. The lowest BCUT2D eigenvalue weighted by molar-refractivity contribution is -0.138. The highest BCUT2D eigenvalue weighted by molar-refractivity contribution is 6.58. The summed E-state index contributed by atoms with van der Waals surface area (Å²) in [4.78, 5) is 24.1. The predicted octanol–water partition coefficient (Wildman–Crippen LogP) is 4.20. The van der Waals surface area contributed by atoms with E-state index in [0.717, 1.165) is 18.1 Å². The second kappa shape index (κ2) is 16.7. The zero-order valence-electron chi connectivity index (χ0n) is 28.1. The average Bonchev–Trinajstić information content (AvgIpc) is 3.85. The Morgan fingerprint density at radius 3 is 2.22 bits per heavy atom. The fourth-order valence-electron chi connectivity index (χ4n) is 5.37. The fraction of sp³-hybridized carbons (Fsp3) is 0.316. The molecule has 3 N–H and O–H groups in total. The van der Waals surface area contributed by atoms with Crippen LogP contribution in [0.5, 0.6) is 23.0 Å². The van der Waals surface area contributed by atoms with Gasteiger partial charge in [0.2, 0.25) is 6.29 Å². The maximum atomic E-state index is 13.1. The summed E-state index contributed by atoms with van der Waals surface area (Å²) in [5.41, 5.74) is 2.35. The summed E-state index contributed by atoms with van der Waals surface area (Å²) < 4.78 is 34.0. The number of esters is 2. The highest BCUT2D eigenvalue weighted by Gasteiger charge is 2.54. The number of fused-ring (bicyclic) bond motifs is 1. The first kappa shape index (κ1) is 36.4. The van der Waals surface area contributed by atoms with Crippen LogP contribution in [0.3, 0.4) is 0 Å². The lowest BCUT2D eigenvalue weighted by Gasteiger charge is -2.19. The third kappa shape index (κ3) is 9.42. The standard InChI is InChI=1S/C38H41BO11/c1-4-35(40)47-20-6-5-19-45-31-11-7-27(8-12-31)36(41)49-33-15-16-34(26(3)25(33)2)50-37(42)28-17-18-38(24-29(38)23-28)48-22-21-46-32-13-9-30(10-14-32)39(43)44/h4,7-18,23,29,36,41,43-44H,1,5-6,19-22,24H2,2-3H3. The molecule has 0 aliphatic heterocycles. The molecule has 0 radical (unpaired) electrons. The highest BCUT2D eigenvalue weighted by atomic mass is 16.6. The summed E-state index contributed by atoms with van der Waals surface area (Å²) in [6.07, 6.45) is 7.53. The molecule has 12 heteroatoms. The number of carbonyl (C=O) groups excluding carboxylic acids is 2. The Morgan fingerprint density at radius 2 is 1.54 bits per heavy atom. The van der Waals surface area contributed by atoms with Crippen LogP contribution in [-0.2, 0) is 19.1 Å². The quantitative estimate of drug-likeness (QED) is 0.0442. The zero-order valence-corrected chi connectivity index (χ0v) is 28.1. The van der Waals surface area contributed by atoms with E-state index in [0.29, 0.717) is 84.4 Å². The van der Waals surface area contributed by atoms with Crippen LogP contribution in [0.25, 0.3) is 0 Å². The van der Waals surface area contributed by atoms with Crippen molar-refractivity contribution < 1.29 is 53.2 Å². The van der Waals surface area contributed by atoms with Gasteiger partial charge in [0.05, 0.1) is 31.0 Å². The summed E-state index contributed by atoms with van der Waals surface area (Å²) in [6, 6.07) is 16.7. The molecule has 1 saturated carbocycles. The normalized spacial score (nSPS) is 17.9. The third-order valence-electron chi connectivity index (χ3n) is 8.58. The minimum atomic E-state index is -1.52. The van der Waals surface area contributed by atoms with Gasteiger partial charge in [-0.25, -0.2) is 9.59 Å². The molecule has 0 heterocycles. The lowest BCUT2D eigenvalue weighted by Crippen LogP contribution is -2.29. The van der Waals surface area contributed by atoms with Gasteiger partial charge in [-0.2, -0.15) is 0 Å². The largest absolute Gasteiger partial charge is 0.494 e. The van der Waals surface area contributed by atoms with Crippen LogP contribution < -0.4 is 24.4 Å². The van der Waals surface area contributed by atoms with Gasteiger partial charge in [-0.15, -0.1) is 0 Å². The molecule has 0 bridgehead atoms. The molecule has 3 unspecified atom stereocenters. The number of benzene rings is 3. The molecule has 3 atom stereocenters. The number of unbranched alkanes of at least 4 members (excludes halogenated alkanes) is 1. The van der Waals surface area contributed by atoms with Gasteiger partial charge in [-0.05, 0) is 104 Å². The SMILES string of the molecule is C=CC(=O)OCCCCOc1ccc(C(O)Oc2ccc(OC(=O)C3=CC4CC4(OCCOc4ccc(B(O)O)cc4)C=C3)c(C)c2C)cc1. The molecule has 3 aromatic carbocycles. The van der Waals surface area contributed by atoms with Gasteiger partial charge in [-0.1, -0.05) is 30.9 Å². The molecule has 11 nitrogen and oxygen atoms in total. The Labute approximate surface area is 291 Å².